The van der Waals surface area contributed by atoms with E-state index in [2.05, 4.69) is 17.1 Å². The monoisotopic (exact) mass is 268 g/mol. The largest absolute Gasteiger partial charge is 0.390 e. The maximum Gasteiger partial charge on any atom is 0.0644 e. The van der Waals surface area contributed by atoms with Gasteiger partial charge in [0, 0.05) is 25.7 Å². The molecule has 1 saturated carbocycles. The molecule has 2 fully saturated rings. The van der Waals surface area contributed by atoms with Crippen LogP contribution in [0.2, 0.25) is 0 Å². The zero-order valence-corrected chi connectivity index (χ0v) is 12.8. The number of hydrogen-bond donors (Lipinski definition) is 2. The fraction of sp³-hybridized carbons (Fsp3) is 1.00. The van der Waals surface area contributed by atoms with Gasteiger partial charge in [-0.1, -0.05) is 26.2 Å². The minimum atomic E-state index is -0.416. The maximum absolute atomic E-state index is 10.0. The Morgan fingerprint density at radius 2 is 1.84 bits per heavy atom. The molecule has 2 unspecified atom stereocenters. The quantitative estimate of drug-likeness (QED) is 0.769. The second-order valence-corrected chi connectivity index (χ2v) is 6.86. The van der Waals surface area contributed by atoms with Crippen molar-refractivity contribution in [3.8, 4) is 0 Å². The van der Waals surface area contributed by atoms with Crippen LogP contribution in [0.15, 0.2) is 0 Å². The van der Waals surface area contributed by atoms with Crippen LogP contribution in [0.1, 0.15) is 58.8 Å². The Balaban J connectivity index is 1.84. The Morgan fingerprint density at radius 1 is 1.16 bits per heavy atom. The van der Waals surface area contributed by atoms with Gasteiger partial charge in [0.15, 0.2) is 0 Å². The van der Waals surface area contributed by atoms with Gasteiger partial charge < -0.3 is 15.3 Å². The molecule has 1 aliphatic carbocycles. The molecular weight excluding hydrogens is 236 g/mol. The van der Waals surface area contributed by atoms with E-state index in [0.29, 0.717) is 0 Å². The lowest BCUT2D eigenvalue weighted by atomic mass is 9.90. The fourth-order valence-electron chi connectivity index (χ4n) is 3.68. The zero-order valence-electron chi connectivity index (χ0n) is 12.8. The van der Waals surface area contributed by atoms with E-state index in [1.807, 2.05) is 6.92 Å². The summed E-state index contributed by atoms with van der Waals surface area (Å²) in [7, 11) is 0. The van der Waals surface area contributed by atoms with Crippen LogP contribution in [0, 0.1) is 5.92 Å². The normalized spacial score (nSPS) is 33.0. The van der Waals surface area contributed by atoms with Crippen molar-refractivity contribution in [2.24, 2.45) is 5.92 Å². The molecule has 0 spiro atoms. The first kappa shape index (κ1) is 15.3. The number of hydrogen-bond acceptors (Lipinski definition) is 3. The third-order valence-electron chi connectivity index (χ3n) is 5.05. The molecular formula is C16H32N2O. The Labute approximate surface area is 118 Å². The molecule has 0 radical (unpaired) electrons. The summed E-state index contributed by atoms with van der Waals surface area (Å²) in [6.45, 7) is 8.67. The number of piperidine rings is 1. The van der Waals surface area contributed by atoms with Crippen LogP contribution in [-0.4, -0.2) is 47.8 Å². The molecule has 2 atom stereocenters. The standard InChI is InChI=1S/C16H32N2O/c1-3-17-15-8-6-4-5-7-14(15)13-18-11-9-16(2,19)10-12-18/h14-15,17,19H,3-13H2,1-2H3. The average molecular weight is 268 g/mol. The topological polar surface area (TPSA) is 35.5 Å². The molecule has 0 aromatic rings. The van der Waals surface area contributed by atoms with Crippen molar-refractivity contribution in [2.45, 2.75) is 70.4 Å². The lowest BCUT2D eigenvalue weighted by Crippen LogP contribution is -2.47. The van der Waals surface area contributed by atoms with Crippen LogP contribution in [0.3, 0.4) is 0 Å². The molecule has 3 heteroatoms. The van der Waals surface area contributed by atoms with Gasteiger partial charge in [0.2, 0.25) is 0 Å². The van der Waals surface area contributed by atoms with Gasteiger partial charge in [-0.25, -0.2) is 0 Å². The van der Waals surface area contributed by atoms with E-state index in [1.165, 1.54) is 38.6 Å². The van der Waals surface area contributed by atoms with Gasteiger partial charge in [-0.15, -0.1) is 0 Å². The van der Waals surface area contributed by atoms with Crippen molar-refractivity contribution in [1.29, 1.82) is 0 Å². The summed E-state index contributed by atoms with van der Waals surface area (Å²) in [5, 5.41) is 13.7. The third kappa shape index (κ3) is 4.73. The Morgan fingerprint density at radius 3 is 2.53 bits per heavy atom. The second kappa shape index (κ2) is 7.05. The van der Waals surface area contributed by atoms with E-state index in [1.54, 1.807) is 0 Å². The number of nitrogens with one attached hydrogen (secondary N) is 1. The van der Waals surface area contributed by atoms with Crippen molar-refractivity contribution < 1.29 is 5.11 Å². The fourth-order valence-corrected chi connectivity index (χ4v) is 3.68. The summed E-state index contributed by atoms with van der Waals surface area (Å²) in [6, 6.07) is 0.718. The first-order chi connectivity index (χ1) is 9.11. The summed E-state index contributed by atoms with van der Waals surface area (Å²) in [5.41, 5.74) is -0.416. The van der Waals surface area contributed by atoms with Gasteiger partial charge in [0.05, 0.1) is 5.60 Å². The first-order valence-corrected chi connectivity index (χ1v) is 8.29. The molecule has 1 saturated heterocycles. The smallest absolute Gasteiger partial charge is 0.0644 e. The van der Waals surface area contributed by atoms with E-state index >= 15 is 0 Å². The number of likely N-dealkylation sites (tertiary alicyclic amines) is 1. The lowest BCUT2D eigenvalue weighted by Gasteiger charge is -2.39. The Kier molecular flexibility index (Phi) is 5.67. The van der Waals surface area contributed by atoms with Gasteiger partial charge in [-0.2, -0.15) is 0 Å². The maximum atomic E-state index is 10.0. The van der Waals surface area contributed by atoms with Crippen molar-refractivity contribution in [1.82, 2.24) is 10.2 Å². The number of aliphatic hydroxyl groups is 1. The SMILES string of the molecule is CCNC1CCCCCC1CN1CCC(C)(O)CC1. The summed E-state index contributed by atoms with van der Waals surface area (Å²) in [6.07, 6.45) is 8.81. The zero-order chi connectivity index (χ0) is 13.7. The highest BCUT2D eigenvalue weighted by atomic mass is 16.3. The van der Waals surface area contributed by atoms with Crippen molar-refractivity contribution in [2.75, 3.05) is 26.2 Å². The van der Waals surface area contributed by atoms with Crippen molar-refractivity contribution >= 4 is 0 Å². The van der Waals surface area contributed by atoms with E-state index in [9.17, 15) is 5.11 Å². The van der Waals surface area contributed by atoms with Crippen LogP contribution in [0.5, 0.6) is 0 Å². The van der Waals surface area contributed by atoms with E-state index in [0.717, 1.165) is 44.4 Å². The van der Waals surface area contributed by atoms with Crippen LogP contribution < -0.4 is 5.32 Å². The molecule has 0 amide bonds. The van der Waals surface area contributed by atoms with E-state index < -0.39 is 5.60 Å². The van der Waals surface area contributed by atoms with E-state index in [-0.39, 0.29) is 0 Å². The van der Waals surface area contributed by atoms with Crippen LogP contribution >= 0.6 is 0 Å². The first-order valence-electron chi connectivity index (χ1n) is 8.29. The molecule has 3 nitrogen and oxygen atoms in total. The number of nitrogens with zero attached hydrogens (tertiary/aromatic N) is 1. The highest BCUT2D eigenvalue weighted by Gasteiger charge is 2.30. The molecule has 19 heavy (non-hydrogen) atoms. The van der Waals surface area contributed by atoms with Gasteiger partial charge in [0.25, 0.3) is 0 Å². The van der Waals surface area contributed by atoms with Crippen LogP contribution in [0.25, 0.3) is 0 Å². The van der Waals surface area contributed by atoms with E-state index in [4.69, 9.17) is 0 Å². The Bertz CT molecular complexity index is 257. The predicted octanol–water partition coefficient (Wildman–Crippen LogP) is 2.39. The summed E-state index contributed by atoms with van der Waals surface area (Å²) in [4.78, 5) is 2.58. The summed E-state index contributed by atoms with van der Waals surface area (Å²) >= 11 is 0. The second-order valence-electron chi connectivity index (χ2n) is 6.86. The van der Waals surface area contributed by atoms with Gasteiger partial charge in [0.1, 0.15) is 0 Å². The van der Waals surface area contributed by atoms with Gasteiger partial charge in [-0.05, 0) is 45.1 Å². The molecule has 0 aromatic carbocycles. The molecule has 2 N–H and O–H groups in total. The number of rotatable bonds is 4. The van der Waals surface area contributed by atoms with Gasteiger partial charge >= 0.3 is 0 Å². The molecule has 1 heterocycles. The van der Waals surface area contributed by atoms with Crippen LogP contribution in [-0.2, 0) is 0 Å². The minimum absolute atomic E-state index is 0.416. The summed E-state index contributed by atoms with van der Waals surface area (Å²) in [5.74, 6) is 0.811. The average Bonchev–Trinajstić information content (AvgIpc) is 2.59. The molecule has 2 rings (SSSR count). The predicted molar refractivity (Wildman–Crippen MR) is 80.3 cm³/mol. The minimum Gasteiger partial charge on any atom is -0.390 e. The highest BCUT2D eigenvalue weighted by Crippen LogP contribution is 2.27. The molecule has 0 bridgehead atoms. The summed E-state index contributed by atoms with van der Waals surface area (Å²) < 4.78 is 0. The van der Waals surface area contributed by atoms with Crippen molar-refractivity contribution in [3.05, 3.63) is 0 Å². The van der Waals surface area contributed by atoms with Crippen molar-refractivity contribution in [3.63, 3.8) is 0 Å². The highest BCUT2D eigenvalue weighted by molar-refractivity contribution is 4.86. The lowest BCUT2D eigenvalue weighted by molar-refractivity contribution is -0.0103. The third-order valence-corrected chi connectivity index (χ3v) is 5.05. The molecule has 0 aromatic heterocycles. The van der Waals surface area contributed by atoms with Crippen LogP contribution in [0.4, 0.5) is 0 Å². The molecule has 1 aliphatic heterocycles. The molecule has 112 valence electrons. The molecule has 2 aliphatic rings. The van der Waals surface area contributed by atoms with Gasteiger partial charge in [-0.3, -0.25) is 0 Å². The Hall–Kier alpha value is -0.120.